The molecule has 0 spiro atoms. The lowest BCUT2D eigenvalue weighted by atomic mass is 9.89. The highest BCUT2D eigenvalue weighted by Gasteiger charge is 2.67. The van der Waals surface area contributed by atoms with Gasteiger partial charge in [0.15, 0.2) is 11.9 Å². The highest BCUT2D eigenvalue weighted by Crippen LogP contribution is 2.50. The minimum atomic E-state index is -1.64. The monoisotopic (exact) mass is 388 g/mol. The van der Waals surface area contributed by atoms with E-state index in [1.54, 1.807) is 48.5 Å². The molecule has 0 aliphatic carbocycles. The summed E-state index contributed by atoms with van der Waals surface area (Å²) in [6.45, 7) is 1.50. The van der Waals surface area contributed by atoms with E-state index in [9.17, 15) is 9.59 Å². The van der Waals surface area contributed by atoms with Crippen molar-refractivity contribution in [1.82, 2.24) is 0 Å². The Labute approximate surface area is 160 Å². The topological polar surface area (TPSA) is 71.1 Å². The normalized spacial score (nSPS) is 28.7. The third kappa shape index (κ3) is 2.76. The van der Waals surface area contributed by atoms with E-state index in [0.29, 0.717) is 16.1 Å². The second-order valence-electron chi connectivity index (χ2n) is 6.58. The SMILES string of the molecule is CO[C@]12O[C@H](C(=O)c3ccccc31)[C@@](C)(C(=O)OCc1ccc(Cl)cc1)O2. The van der Waals surface area contributed by atoms with Gasteiger partial charge in [-0.2, -0.15) is 0 Å². The zero-order valence-corrected chi connectivity index (χ0v) is 15.5. The molecular formula is C20H17ClO6. The van der Waals surface area contributed by atoms with Crippen LogP contribution in [-0.4, -0.2) is 30.6 Å². The third-order valence-electron chi connectivity index (χ3n) is 4.84. The summed E-state index contributed by atoms with van der Waals surface area (Å²) in [6, 6.07) is 13.7. The van der Waals surface area contributed by atoms with Crippen molar-refractivity contribution in [2.45, 2.75) is 31.2 Å². The second kappa shape index (κ2) is 6.42. The molecule has 2 aromatic rings. The van der Waals surface area contributed by atoms with Crippen LogP contribution in [0.4, 0.5) is 0 Å². The van der Waals surface area contributed by atoms with E-state index in [4.69, 9.17) is 30.5 Å². The van der Waals surface area contributed by atoms with Gasteiger partial charge in [0.05, 0.1) is 5.56 Å². The van der Waals surface area contributed by atoms with E-state index < -0.39 is 23.6 Å². The molecule has 27 heavy (non-hydrogen) atoms. The molecular weight excluding hydrogens is 372 g/mol. The maximum absolute atomic E-state index is 12.9. The van der Waals surface area contributed by atoms with Gasteiger partial charge in [0.1, 0.15) is 6.61 Å². The van der Waals surface area contributed by atoms with Gasteiger partial charge < -0.3 is 18.9 Å². The number of rotatable bonds is 4. The number of esters is 1. The quantitative estimate of drug-likeness (QED) is 0.749. The molecule has 0 unspecified atom stereocenters. The number of carbonyl (C=O) groups is 2. The van der Waals surface area contributed by atoms with Gasteiger partial charge in [-0.3, -0.25) is 4.79 Å². The van der Waals surface area contributed by atoms with Crippen LogP contribution in [0.5, 0.6) is 0 Å². The molecule has 0 radical (unpaired) electrons. The Hall–Kier alpha value is -2.25. The Morgan fingerprint density at radius 2 is 1.89 bits per heavy atom. The van der Waals surface area contributed by atoms with E-state index in [1.165, 1.54) is 14.0 Å². The fourth-order valence-electron chi connectivity index (χ4n) is 3.37. The summed E-state index contributed by atoms with van der Waals surface area (Å²) in [4.78, 5) is 25.7. The zero-order chi connectivity index (χ0) is 19.2. The first-order valence-electron chi connectivity index (χ1n) is 8.38. The molecule has 0 saturated carbocycles. The van der Waals surface area contributed by atoms with Crippen LogP contribution in [0.25, 0.3) is 0 Å². The Morgan fingerprint density at radius 3 is 2.59 bits per heavy atom. The smallest absolute Gasteiger partial charge is 0.341 e. The summed E-state index contributed by atoms with van der Waals surface area (Å²) in [6.07, 6.45) is -1.16. The lowest BCUT2D eigenvalue weighted by Crippen LogP contribution is -2.49. The van der Waals surface area contributed by atoms with E-state index in [1.807, 2.05) is 0 Å². The van der Waals surface area contributed by atoms with Crippen molar-refractivity contribution < 1.29 is 28.5 Å². The van der Waals surface area contributed by atoms with Gasteiger partial charge in [-0.1, -0.05) is 48.0 Å². The Kier molecular flexibility index (Phi) is 4.31. The molecule has 7 heteroatoms. The van der Waals surface area contributed by atoms with Crippen LogP contribution in [0.3, 0.4) is 0 Å². The summed E-state index contributed by atoms with van der Waals surface area (Å²) in [7, 11) is 1.40. The van der Waals surface area contributed by atoms with Crippen LogP contribution >= 0.6 is 11.6 Å². The number of ether oxygens (including phenoxy) is 4. The molecule has 0 amide bonds. The summed E-state index contributed by atoms with van der Waals surface area (Å²) < 4.78 is 22.5. The molecule has 140 valence electrons. The minimum absolute atomic E-state index is 0.0167. The molecule has 1 saturated heterocycles. The van der Waals surface area contributed by atoms with E-state index >= 15 is 0 Å². The van der Waals surface area contributed by atoms with E-state index in [0.717, 1.165) is 5.56 Å². The second-order valence-corrected chi connectivity index (χ2v) is 7.02. The van der Waals surface area contributed by atoms with Crippen molar-refractivity contribution in [2.75, 3.05) is 7.11 Å². The van der Waals surface area contributed by atoms with E-state index in [2.05, 4.69) is 0 Å². The highest BCUT2D eigenvalue weighted by molar-refractivity contribution is 6.30. The fraction of sp³-hybridized carbons (Fsp3) is 0.300. The first kappa shape index (κ1) is 18.1. The average Bonchev–Trinajstić information content (AvgIpc) is 2.98. The third-order valence-corrected chi connectivity index (χ3v) is 5.09. The number of halogens is 1. The van der Waals surface area contributed by atoms with Gasteiger partial charge in [-0.05, 0) is 24.6 Å². The number of Topliss-reactive ketones (excluding diaryl/α,β-unsaturated/α-hetero) is 1. The highest BCUT2D eigenvalue weighted by atomic mass is 35.5. The van der Waals surface area contributed by atoms with Crippen molar-refractivity contribution in [3.63, 3.8) is 0 Å². The first-order valence-corrected chi connectivity index (χ1v) is 8.76. The standard InChI is InChI=1S/C20H17ClO6/c1-19(18(23)25-11-12-7-9-13(21)10-8-12)17-16(22)14-5-3-4-6-15(14)20(24-2,26-17)27-19/h3-10,17H,11H2,1-2H3/t17-,19+,20+/m1/s1. The number of methoxy groups -OCH3 is 1. The van der Waals surface area contributed by atoms with Gasteiger partial charge in [0.25, 0.3) is 0 Å². The number of fused-ring (bicyclic) bond motifs is 4. The molecule has 6 nitrogen and oxygen atoms in total. The van der Waals surface area contributed by atoms with Crippen LogP contribution in [0.2, 0.25) is 5.02 Å². The lowest BCUT2D eigenvalue weighted by molar-refractivity contribution is -0.348. The molecule has 3 atom stereocenters. The number of hydrogen-bond donors (Lipinski definition) is 0. The van der Waals surface area contributed by atoms with Gasteiger partial charge in [-0.15, -0.1) is 0 Å². The van der Waals surface area contributed by atoms with Crippen LogP contribution < -0.4 is 0 Å². The Bertz CT molecular complexity index is 911. The Balaban J connectivity index is 1.61. The van der Waals surface area contributed by atoms with Gasteiger partial charge in [0, 0.05) is 17.7 Å². The van der Waals surface area contributed by atoms with Crippen molar-refractivity contribution in [2.24, 2.45) is 0 Å². The molecule has 0 aromatic heterocycles. The van der Waals surface area contributed by atoms with Crippen molar-refractivity contribution in [3.05, 3.63) is 70.2 Å². The summed E-state index contributed by atoms with van der Waals surface area (Å²) >= 11 is 5.86. The van der Waals surface area contributed by atoms with Gasteiger partial charge >= 0.3 is 11.9 Å². The van der Waals surface area contributed by atoms with E-state index in [-0.39, 0.29) is 12.4 Å². The fourth-order valence-corrected chi connectivity index (χ4v) is 3.50. The predicted octanol–water partition coefficient (Wildman–Crippen LogP) is 3.21. The summed E-state index contributed by atoms with van der Waals surface area (Å²) in [5.41, 5.74) is -0.0412. The number of ketones is 1. The largest absolute Gasteiger partial charge is 0.459 e. The zero-order valence-electron chi connectivity index (χ0n) is 14.7. The Morgan fingerprint density at radius 1 is 1.19 bits per heavy atom. The first-order chi connectivity index (χ1) is 12.9. The van der Waals surface area contributed by atoms with Gasteiger partial charge in [0.2, 0.25) is 5.60 Å². The van der Waals surface area contributed by atoms with Crippen LogP contribution in [0.1, 0.15) is 28.4 Å². The molecule has 0 N–H and O–H groups in total. The van der Waals surface area contributed by atoms with Crippen molar-refractivity contribution in [1.29, 1.82) is 0 Å². The number of carbonyl (C=O) groups excluding carboxylic acids is 2. The predicted molar refractivity (Wildman–Crippen MR) is 95.1 cm³/mol. The lowest BCUT2D eigenvalue weighted by Gasteiger charge is -2.30. The maximum atomic E-state index is 12.9. The van der Waals surface area contributed by atoms with Crippen molar-refractivity contribution >= 4 is 23.4 Å². The van der Waals surface area contributed by atoms with Gasteiger partial charge in [-0.25, -0.2) is 4.79 Å². The molecule has 2 aliphatic heterocycles. The van der Waals surface area contributed by atoms with Crippen LogP contribution in [0.15, 0.2) is 48.5 Å². The summed E-state index contributed by atoms with van der Waals surface area (Å²) in [5.74, 6) is -2.67. The molecule has 2 aliphatic rings. The molecule has 2 bridgehead atoms. The maximum Gasteiger partial charge on any atom is 0.341 e. The number of benzene rings is 2. The number of hydrogen-bond acceptors (Lipinski definition) is 6. The van der Waals surface area contributed by atoms with Crippen molar-refractivity contribution in [3.8, 4) is 0 Å². The molecule has 1 fully saturated rings. The molecule has 4 rings (SSSR count). The van der Waals surface area contributed by atoms with Crippen LogP contribution in [0, 0.1) is 0 Å². The average molecular weight is 389 g/mol. The summed E-state index contributed by atoms with van der Waals surface area (Å²) in [5, 5.41) is 0.587. The van der Waals surface area contributed by atoms with Crippen LogP contribution in [-0.2, 0) is 36.3 Å². The minimum Gasteiger partial charge on any atom is -0.459 e. The molecule has 2 heterocycles. The molecule has 2 aromatic carbocycles.